The van der Waals surface area contributed by atoms with Crippen molar-refractivity contribution in [1.82, 2.24) is 14.9 Å². The van der Waals surface area contributed by atoms with Crippen LogP contribution in [0.15, 0.2) is 30.6 Å². The highest BCUT2D eigenvalue weighted by atomic mass is 16.1. The minimum Gasteiger partial charge on any atom is -0.352 e. The Morgan fingerprint density at radius 2 is 2.05 bits per heavy atom. The summed E-state index contributed by atoms with van der Waals surface area (Å²) in [5, 5.41) is 3.01. The molecule has 0 bridgehead atoms. The predicted octanol–water partition coefficient (Wildman–Crippen LogP) is 2.45. The Morgan fingerprint density at radius 1 is 1.30 bits per heavy atom. The second-order valence-electron chi connectivity index (χ2n) is 5.58. The largest absolute Gasteiger partial charge is 0.352 e. The zero-order valence-corrected chi connectivity index (χ0v) is 11.9. The van der Waals surface area contributed by atoms with E-state index < -0.39 is 0 Å². The van der Waals surface area contributed by atoms with E-state index in [2.05, 4.69) is 46.9 Å². The molecule has 20 heavy (non-hydrogen) atoms. The number of benzene rings is 1. The van der Waals surface area contributed by atoms with E-state index in [-0.39, 0.29) is 11.9 Å². The Bertz CT molecular complexity index is 625. The van der Waals surface area contributed by atoms with Crippen LogP contribution in [-0.2, 0) is 11.3 Å². The van der Waals surface area contributed by atoms with Gasteiger partial charge >= 0.3 is 0 Å². The maximum Gasteiger partial charge on any atom is 0.220 e. The first-order valence-electron chi connectivity index (χ1n) is 7.01. The number of carbonyl (C=O) groups excluding carboxylic acids is 1. The van der Waals surface area contributed by atoms with Crippen molar-refractivity contribution in [3.63, 3.8) is 0 Å². The number of hydrogen-bond acceptors (Lipinski definition) is 2. The van der Waals surface area contributed by atoms with Crippen LogP contribution in [0.5, 0.6) is 0 Å². The average Bonchev–Trinajstić information content (AvgIpc) is 2.98. The SMILES string of the molecule is Cc1cc(C)cc(-c2nccn2CC2CCC(=O)N2)c1. The van der Waals surface area contributed by atoms with Crippen LogP contribution in [-0.4, -0.2) is 21.5 Å². The van der Waals surface area contributed by atoms with Gasteiger partial charge in [-0.3, -0.25) is 4.79 Å². The molecule has 2 aromatic rings. The minimum absolute atomic E-state index is 0.156. The maximum absolute atomic E-state index is 11.3. The van der Waals surface area contributed by atoms with Gasteiger partial charge in [0.2, 0.25) is 5.91 Å². The van der Waals surface area contributed by atoms with Crippen molar-refractivity contribution in [2.75, 3.05) is 0 Å². The van der Waals surface area contributed by atoms with Crippen LogP contribution in [0.25, 0.3) is 11.4 Å². The van der Waals surface area contributed by atoms with Crippen LogP contribution in [0, 0.1) is 13.8 Å². The third-order valence-electron chi connectivity index (χ3n) is 3.70. The first-order valence-corrected chi connectivity index (χ1v) is 7.01. The van der Waals surface area contributed by atoms with Gasteiger partial charge in [-0.2, -0.15) is 0 Å². The minimum atomic E-state index is 0.156. The fourth-order valence-electron chi connectivity index (χ4n) is 2.87. The molecule has 1 N–H and O–H groups in total. The van der Waals surface area contributed by atoms with Gasteiger partial charge in [0.15, 0.2) is 0 Å². The maximum atomic E-state index is 11.3. The first kappa shape index (κ1) is 12.9. The lowest BCUT2D eigenvalue weighted by molar-refractivity contribution is -0.119. The molecule has 1 amide bonds. The summed E-state index contributed by atoms with van der Waals surface area (Å²) in [4.78, 5) is 15.8. The van der Waals surface area contributed by atoms with Crippen molar-refractivity contribution in [1.29, 1.82) is 0 Å². The van der Waals surface area contributed by atoms with Crippen molar-refractivity contribution in [2.45, 2.75) is 39.3 Å². The van der Waals surface area contributed by atoms with Gasteiger partial charge in [-0.1, -0.05) is 17.2 Å². The fraction of sp³-hybridized carbons (Fsp3) is 0.375. The summed E-state index contributed by atoms with van der Waals surface area (Å²) in [7, 11) is 0. The molecule has 0 saturated carbocycles. The third-order valence-corrected chi connectivity index (χ3v) is 3.70. The third kappa shape index (κ3) is 2.59. The second kappa shape index (κ2) is 5.12. The first-order chi connectivity index (χ1) is 9.61. The molecular weight excluding hydrogens is 250 g/mol. The van der Waals surface area contributed by atoms with Gasteiger partial charge in [-0.05, 0) is 32.4 Å². The zero-order valence-electron chi connectivity index (χ0n) is 11.9. The van der Waals surface area contributed by atoms with Crippen LogP contribution in [0.3, 0.4) is 0 Å². The topological polar surface area (TPSA) is 46.9 Å². The Balaban J connectivity index is 1.87. The van der Waals surface area contributed by atoms with E-state index in [9.17, 15) is 4.79 Å². The quantitative estimate of drug-likeness (QED) is 0.930. The molecule has 1 unspecified atom stereocenters. The Hall–Kier alpha value is -2.10. The summed E-state index contributed by atoms with van der Waals surface area (Å²) >= 11 is 0. The molecule has 2 heterocycles. The van der Waals surface area contributed by atoms with E-state index in [1.54, 1.807) is 0 Å². The molecule has 1 fully saturated rings. The number of nitrogens with zero attached hydrogens (tertiary/aromatic N) is 2. The fourth-order valence-corrected chi connectivity index (χ4v) is 2.87. The lowest BCUT2D eigenvalue weighted by Gasteiger charge is -2.14. The molecule has 1 aliphatic rings. The number of amides is 1. The molecule has 0 aliphatic carbocycles. The summed E-state index contributed by atoms with van der Waals surface area (Å²) < 4.78 is 2.13. The molecule has 4 heteroatoms. The van der Waals surface area contributed by atoms with Crippen molar-refractivity contribution in [2.24, 2.45) is 0 Å². The highest BCUT2D eigenvalue weighted by molar-refractivity contribution is 5.78. The van der Waals surface area contributed by atoms with E-state index in [0.717, 1.165) is 24.4 Å². The highest BCUT2D eigenvalue weighted by Gasteiger charge is 2.21. The van der Waals surface area contributed by atoms with Gasteiger partial charge in [0, 0.05) is 37.0 Å². The van der Waals surface area contributed by atoms with Crippen LogP contribution in [0.4, 0.5) is 0 Å². The van der Waals surface area contributed by atoms with Gasteiger partial charge in [-0.25, -0.2) is 4.98 Å². The van der Waals surface area contributed by atoms with Crippen LogP contribution in [0.2, 0.25) is 0 Å². The van der Waals surface area contributed by atoms with Crippen LogP contribution >= 0.6 is 0 Å². The van der Waals surface area contributed by atoms with Gasteiger partial charge in [0.05, 0.1) is 0 Å². The molecule has 0 radical (unpaired) electrons. The second-order valence-corrected chi connectivity index (χ2v) is 5.58. The van der Waals surface area contributed by atoms with E-state index in [4.69, 9.17) is 0 Å². The number of hydrogen-bond donors (Lipinski definition) is 1. The molecule has 1 atom stereocenters. The lowest BCUT2D eigenvalue weighted by Crippen LogP contribution is -2.29. The normalized spacial score (nSPS) is 18.3. The van der Waals surface area contributed by atoms with Crippen molar-refractivity contribution in [3.8, 4) is 11.4 Å². The van der Waals surface area contributed by atoms with E-state index in [1.165, 1.54) is 11.1 Å². The molecule has 1 aliphatic heterocycles. The summed E-state index contributed by atoms with van der Waals surface area (Å²) in [5.41, 5.74) is 3.62. The lowest BCUT2D eigenvalue weighted by atomic mass is 10.1. The van der Waals surface area contributed by atoms with Crippen molar-refractivity contribution in [3.05, 3.63) is 41.7 Å². The molecule has 3 rings (SSSR count). The molecule has 104 valence electrons. The van der Waals surface area contributed by atoms with Crippen LogP contribution in [0.1, 0.15) is 24.0 Å². The highest BCUT2D eigenvalue weighted by Crippen LogP contribution is 2.22. The number of imidazole rings is 1. The van der Waals surface area contributed by atoms with Crippen LogP contribution < -0.4 is 5.32 Å². The molecule has 1 saturated heterocycles. The summed E-state index contributed by atoms with van der Waals surface area (Å²) in [6.45, 7) is 4.98. The average molecular weight is 269 g/mol. The molecule has 0 spiro atoms. The molecule has 1 aromatic heterocycles. The number of nitrogens with one attached hydrogen (secondary N) is 1. The van der Waals surface area contributed by atoms with Crippen molar-refractivity contribution < 1.29 is 4.79 Å². The van der Waals surface area contributed by atoms with E-state index >= 15 is 0 Å². The Morgan fingerprint density at radius 3 is 2.70 bits per heavy atom. The molecular formula is C16H19N3O. The molecule has 4 nitrogen and oxygen atoms in total. The molecule has 1 aromatic carbocycles. The van der Waals surface area contributed by atoms with E-state index in [0.29, 0.717) is 6.42 Å². The Labute approximate surface area is 118 Å². The van der Waals surface area contributed by atoms with Gasteiger partial charge in [-0.15, -0.1) is 0 Å². The number of rotatable bonds is 3. The number of aromatic nitrogens is 2. The van der Waals surface area contributed by atoms with Gasteiger partial charge in [0.25, 0.3) is 0 Å². The number of carbonyl (C=O) groups is 1. The number of aryl methyl sites for hydroxylation is 2. The predicted molar refractivity (Wildman–Crippen MR) is 78.3 cm³/mol. The summed E-state index contributed by atoms with van der Waals surface area (Å²) in [6, 6.07) is 6.69. The smallest absolute Gasteiger partial charge is 0.220 e. The standard InChI is InChI=1S/C16H19N3O/c1-11-7-12(2)9-13(8-11)16-17-5-6-19(16)10-14-3-4-15(20)18-14/h5-9,14H,3-4,10H2,1-2H3,(H,18,20). The van der Waals surface area contributed by atoms with Crippen molar-refractivity contribution >= 4 is 5.91 Å². The van der Waals surface area contributed by atoms with Gasteiger partial charge < -0.3 is 9.88 Å². The van der Waals surface area contributed by atoms with Gasteiger partial charge in [0.1, 0.15) is 5.82 Å². The van der Waals surface area contributed by atoms with E-state index in [1.807, 2.05) is 12.4 Å². The zero-order chi connectivity index (χ0) is 14.1. The summed E-state index contributed by atoms with van der Waals surface area (Å²) in [6.07, 6.45) is 5.35. The monoisotopic (exact) mass is 269 g/mol. The Kier molecular flexibility index (Phi) is 3.30. The summed E-state index contributed by atoms with van der Waals surface area (Å²) in [5.74, 6) is 1.13.